The first-order chi connectivity index (χ1) is 7.78. The highest BCUT2D eigenvalue weighted by molar-refractivity contribution is 7.19. The van der Waals surface area contributed by atoms with Crippen molar-refractivity contribution in [2.24, 2.45) is 5.92 Å². The van der Waals surface area contributed by atoms with E-state index in [4.69, 9.17) is 0 Å². The smallest absolute Gasteiger partial charge is 0.124 e. The summed E-state index contributed by atoms with van der Waals surface area (Å²) in [6.07, 6.45) is 1.31. The fourth-order valence-corrected chi connectivity index (χ4v) is 4.34. The van der Waals surface area contributed by atoms with Gasteiger partial charge in [-0.1, -0.05) is 6.07 Å². The van der Waals surface area contributed by atoms with Crippen LogP contribution in [0.15, 0.2) is 24.3 Å². The summed E-state index contributed by atoms with van der Waals surface area (Å²) in [5.41, 5.74) is 0.403. The summed E-state index contributed by atoms with van der Waals surface area (Å²) in [6, 6.07) is 7.35. The van der Waals surface area contributed by atoms with E-state index in [2.05, 4.69) is 11.4 Å². The minimum atomic E-state index is -0.129. The molecule has 1 saturated carbocycles. The molecule has 1 saturated heterocycles. The zero-order chi connectivity index (χ0) is 10.8. The number of fused-ring (bicyclic) bond motifs is 2. The molecule has 1 aromatic carbocycles. The highest BCUT2D eigenvalue weighted by atomic mass is 32.1. The standard InChI is InChI=1S/C13H12FNS/c14-10-2-1-8-3-12(16-11(8)4-10)13-5-9(13)6-15-7-13/h1-4,9,15H,5-7H2/t9-,13-/m0/s1. The first-order valence-corrected chi connectivity index (χ1v) is 6.50. The van der Waals surface area contributed by atoms with Crippen LogP contribution in [0.3, 0.4) is 0 Å². The normalized spacial score (nSPS) is 31.9. The highest BCUT2D eigenvalue weighted by Crippen LogP contribution is 2.58. The number of halogens is 1. The average molecular weight is 233 g/mol. The van der Waals surface area contributed by atoms with Crippen LogP contribution in [0.25, 0.3) is 10.1 Å². The second-order valence-electron chi connectivity index (χ2n) is 4.98. The lowest BCUT2D eigenvalue weighted by molar-refractivity contribution is 0.630. The fourth-order valence-electron chi connectivity index (χ4n) is 2.97. The van der Waals surface area contributed by atoms with Gasteiger partial charge in [-0.05, 0) is 42.5 Å². The minimum Gasteiger partial charge on any atom is -0.315 e. The lowest BCUT2D eigenvalue weighted by atomic mass is 10.0. The Kier molecular flexibility index (Phi) is 1.62. The molecule has 1 nitrogen and oxygen atoms in total. The van der Waals surface area contributed by atoms with Crippen LogP contribution in [-0.2, 0) is 5.41 Å². The van der Waals surface area contributed by atoms with Gasteiger partial charge in [0.15, 0.2) is 0 Å². The van der Waals surface area contributed by atoms with Crippen LogP contribution in [0.2, 0.25) is 0 Å². The molecule has 16 heavy (non-hydrogen) atoms. The van der Waals surface area contributed by atoms with E-state index in [0.717, 1.165) is 23.7 Å². The molecule has 2 aliphatic rings. The van der Waals surface area contributed by atoms with Crippen molar-refractivity contribution < 1.29 is 4.39 Å². The molecule has 1 aliphatic carbocycles. The molecular formula is C13H12FNS. The average Bonchev–Trinajstić information content (AvgIpc) is 2.69. The molecule has 0 amide bonds. The predicted octanol–water partition coefficient (Wildman–Crippen LogP) is 2.90. The Morgan fingerprint density at radius 2 is 2.31 bits per heavy atom. The number of piperidine rings is 1. The minimum absolute atomic E-state index is 0.129. The van der Waals surface area contributed by atoms with Gasteiger partial charge in [-0.15, -0.1) is 11.3 Å². The first kappa shape index (κ1) is 9.14. The Morgan fingerprint density at radius 1 is 1.38 bits per heavy atom. The van der Waals surface area contributed by atoms with Crippen LogP contribution < -0.4 is 5.32 Å². The van der Waals surface area contributed by atoms with Crippen molar-refractivity contribution in [2.45, 2.75) is 11.8 Å². The number of rotatable bonds is 1. The Labute approximate surface area is 97.3 Å². The van der Waals surface area contributed by atoms with E-state index in [-0.39, 0.29) is 5.82 Å². The second-order valence-corrected chi connectivity index (χ2v) is 6.06. The van der Waals surface area contributed by atoms with Gasteiger partial charge in [-0.25, -0.2) is 4.39 Å². The van der Waals surface area contributed by atoms with E-state index in [0.29, 0.717) is 5.41 Å². The monoisotopic (exact) mass is 233 g/mol. The zero-order valence-electron chi connectivity index (χ0n) is 8.79. The van der Waals surface area contributed by atoms with E-state index in [9.17, 15) is 4.39 Å². The van der Waals surface area contributed by atoms with Crippen LogP contribution in [0.5, 0.6) is 0 Å². The molecule has 2 heterocycles. The third-order valence-electron chi connectivity index (χ3n) is 4.04. The molecule has 1 aliphatic heterocycles. The molecule has 3 heteroatoms. The van der Waals surface area contributed by atoms with Crippen LogP contribution >= 0.6 is 11.3 Å². The molecule has 4 rings (SSSR count). The fraction of sp³-hybridized carbons (Fsp3) is 0.385. The van der Waals surface area contributed by atoms with Crippen molar-refractivity contribution in [1.82, 2.24) is 5.32 Å². The van der Waals surface area contributed by atoms with Crippen LogP contribution in [0.1, 0.15) is 11.3 Å². The van der Waals surface area contributed by atoms with Gasteiger partial charge < -0.3 is 5.32 Å². The van der Waals surface area contributed by atoms with Crippen LogP contribution in [0.4, 0.5) is 4.39 Å². The van der Waals surface area contributed by atoms with E-state index < -0.39 is 0 Å². The molecule has 0 spiro atoms. The van der Waals surface area contributed by atoms with E-state index >= 15 is 0 Å². The van der Waals surface area contributed by atoms with Gasteiger partial charge in [0.1, 0.15) is 5.82 Å². The highest BCUT2D eigenvalue weighted by Gasteiger charge is 2.58. The largest absolute Gasteiger partial charge is 0.315 e. The molecule has 2 aromatic rings. The van der Waals surface area contributed by atoms with Gasteiger partial charge in [-0.3, -0.25) is 0 Å². The number of nitrogens with one attached hydrogen (secondary N) is 1. The maximum absolute atomic E-state index is 13.1. The third-order valence-corrected chi connectivity index (χ3v) is 5.35. The van der Waals surface area contributed by atoms with Crippen molar-refractivity contribution in [3.05, 3.63) is 35.0 Å². The topological polar surface area (TPSA) is 12.0 Å². The zero-order valence-corrected chi connectivity index (χ0v) is 9.61. The van der Waals surface area contributed by atoms with Crippen LogP contribution in [-0.4, -0.2) is 13.1 Å². The molecule has 1 aromatic heterocycles. The molecule has 82 valence electrons. The SMILES string of the molecule is Fc1ccc2cc([C@@]34CNC[C@@H]3C4)sc2c1. The van der Waals surface area contributed by atoms with E-state index in [1.165, 1.54) is 16.7 Å². The summed E-state index contributed by atoms with van der Waals surface area (Å²) < 4.78 is 14.2. The maximum atomic E-state index is 13.1. The molecule has 0 bridgehead atoms. The van der Waals surface area contributed by atoms with Gasteiger partial charge in [0.25, 0.3) is 0 Å². The van der Waals surface area contributed by atoms with Crippen LogP contribution in [0, 0.1) is 11.7 Å². The van der Waals surface area contributed by atoms with Crippen molar-refractivity contribution in [2.75, 3.05) is 13.1 Å². The van der Waals surface area contributed by atoms with Gasteiger partial charge in [0.05, 0.1) is 0 Å². The number of thiophene rings is 1. The van der Waals surface area contributed by atoms with Crippen molar-refractivity contribution >= 4 is 21.4 Å². The summed E-state index contributed by atoms with van der Waals surface area (Å²) in [6.45, 7) is 2.26. The second kappa shape index (κ2) is 2.84. The Balaban J connectivity index is 1.87. The summed E-state index contributed by atoms with van der Waals surface area (Å²) in [7, 11) is 0. The molecule has 2 fully saturated rings. The van der Waals surface area contributed by atoms with Gasteiger partial charge >= 0.3 is 0 Å². The summed E-state index contributed by atoms with van der Waals surface area (Å²) in [4.78, 5) is 1.45. The third kappa shape index (κ3) is 1.08. The van der Waals surface area contributed by atoms with Crippen molar-refractivity contribution in [1.29, 1.82) is 0 Å². The molecule has 0 radical (unpaired) electrons. The van der Waals surface area contributed by atoms with E-state index in [1.807, 2.05) is 6.07 Å². The number of benzene rings is 1. The molecular weight excluding hydrogens is 221 g/mol. The Bertz CT molecular complexity index is 576. The lowest BCUT2D eigenvalue weighted by Gasteiger charge is -2.07. The summed E-state index contributed by atoms with van der Waals surface area (Å²) in [5.74, 6) is 0.695. The van der Waals surface area contributed by atoms with Crippen molar-refractivity contribution in [3.8, 4) is 0 Å². The predicted molar refractivity (Wildman–Crippen MR) is 64.4 cm³/mol. The van der Waals surface area contributed by atoms with E-state index in [1.54, 1.807) is 23.5 Å². The lowest BCUT2D eigenvalue weighted by Crippen LogP contribution is -2.18. The quantitative estimate of drug-likeness (QED) is 0.798. The Hall–Kier alpha value is -0.930. The first-order valence-electron chi connectivity index (χ1n) is 5.68. The molecule has 0 unspecified atom stereocenters. The number of hydrogen-bond acceptors (Lipinski definition) is 2. The summed E-state index contributed by atoms with van der Waals surface area (Å²) >= 11 is 1.77. The Morgan fingerprint density at radius 3 is 3.06 bits per heavy atom. The van der Waals surface area contributed by atoms with Gasteiger partial charge in [0, 0.05) is 21.5 Å². The maximum Gasteiger partial charge on any atom is 0.124 e. The van der Waals surface area contributed by atoms with Crippen molar-refractivity contribution in [3.63, 3.8) is 0 Å². The summed E-state index contributed by atoms with van der Waals surface area (Å²) in [5, 5.41) is 4.64. The molecule has 2 atom stereocenters. The number of hydrogen-bond donors (Lipinski definition) is 1. The molecule has 1 N–H and O–H groups in total. The van der Waals surface area contributed by atoms with Gasteiger partial charge in [0.2, 0.25) is 0 Å². The van der Waals surface area contributed by atoms with Gasteiger partial charge in [-0.2, -0.15) is 0 Å².